The zero-order chi connectivity index (χ0) is 13.7. The Morgan fingerprint density at radius 2 is 2.00 bits per heavy atom. The molecule has 1 aromatic carbocycles. The molecule has 0 bridgehead atoms. The molecule has 4 heteroatoms. The monoisotopic (exact) mass is 320 g/mol. The molecule has 0 aliphatic heterocycles. The lowest BCUT2D eigenvalue weighted by Gasteiger charge is -2.14. The van der Waals surface area contributed by atoms with Crippen LogP contribution in [0.15, 0.2) is 47.2 Å². The summed E-state index contributed by atoms with van der Waals surface area (Å²) in [5.74, 6) is 0.846. The summed E-state index contributed by atoms with van der Waals surface area (Å²) in [7, 11) is 0. The summed E-state index contributed by atoms with van der Waals surface area (Å²) in [5, 5.41) is 0. The van der Waals surface area contributed by atoms with Crippen LogP contribution in [-0.4, -0.2) is 11.6 Å². The lowest BCUT2D eigenvalue weighted by molar-refractivity contribution is 0.317. The van der Waals surface area contributed by atoms with Gasteiger partial charge < -0.3 is 10.5 Å². The first-order chi connectivity index (χ1) is 9.16. The topological polar surface area (TPSA) is 48.1 Å². The van der Waals surface area contributed by atoms with Gasteiger partial charge in [-0.3, -0.25) is 4.98 Å². The van der Waals surface area contributed by atoms with E-state index >= 15 is 0 Å². The fourth-order valence-electron chi connectivity index (χ4n) is 1.84. The third kappa shape index (κ3) is 4.04. The molecule has 19 heavy (non-hydrogen) atoms. The summed E-state index contributed by atoms with van der Waals surface area (Å²) in [6, 6.07) is 9.90. The number of halogens is 1. The Labute approximate surface area is 121 Å². The summed E-state index contributed by atoms with van der Waals surface area (Å²) < 4.78 is 6.85. The Hall–Kier alpha value is -1.39. The van der Waals surface area contributed by atoms with Crippen molar-refractivity contribution in [1.29, 1.82) is 0 Å². The number of ether oxygens (including phenoxy) is 1. The molecular weight excluding hydrogens is 304 g/mol. The van der Waals surface area contributed by atoms with E-state index in [-0.39, 0.29) is 6.04 Å². The first kappa shape index (κ1) is 14.0. The van der Waals surface area contributed by atoms with Crippen molar-refractivity contribution in [3.8, 4) is 5.75 Å². The highest BCUT2D eigenvalue weighted by Crippen LogP contribution is 2.27. The third-order valence-electron chi connectivity index (χ3n) is 2.86. The van der Waals surface area contributed by atoms with E-state index in [9.17, 15) is 0 Å². The number of nitrogens with two attached hydrogens (primary N) is 1. The van der Waals surface area contributed by atoms with Crippen LogP contribution < -0.4 is 10.5 Å². The molecule has 0 aliphatic carbocycles. The predicted molar refractivity (Wildman–Crippen MR) is 80.2 cm³/mol. The van der Waals surface area contributed by atoms with Crippen molar-refractivity contribution < 1.29 is 4.74 Å². The minimum absolute atomic E-state index is 0.0379. The van der Waals surface area contributed by atoms with E-state index in [0.29, 0.717) is 6.61 Å². The number of hydrogen-bond acceptors (Lipinski definition) is 3. The third-order valence-corrected chi connectivity index (χ3v) is 3.36. The normalized spacial score (nSPS) is 12.2. The van der Waals surface area contributed by atoms with Gasteiger partial charge in [-0.1, -0.05) is 22.0 Å². The number of pyridine rings is 1. The number of benzene rings is 1. The lowest BCUT2D eigenvalue weighted by atomic mass is 10.1. The van der Waals surface area contributed by atoms with E-state index in [0.717, 1.165) is 22.2 Å². The minimum Gasteiger partial charge on any atom is -0.493 e. The van der Waals surface area contributed by atoms with Gasteiger partial charge in [-0.2, -0.15) is 0 Å². The van der Waals surface area contributed by atoms with Gasteiger partial charge in [0.2, 0.25) is 0 Å². The van der Waals surface area contributed by atoms with E-state index < -0.39 is 0 Å². The maximum Gasteiger partial charge on any atom is 0.125 e. The van der Waals surface area contributed by atoms with Crippen molar-refractivity contribution >= 4 is 15.9 Å². The van der Waals surface area contributed by atoms with Crippen LogP contribution in [0.4, 0.5) is 0 Å². The molecule has 1 atom stereocenters. The molecule has 0 radical (unpaired) electrons. The first-order valence-electron chi connectivity index (χ1n) is 6.23. The largest absolute Gasteiger partial charge is 0.493 e. The van der Waals surface area contributed by atoms with Crippen LogP contribution in [0.5, 0.6) is 5.75 Å². The summed E-state index contributed by atoms with van der Waals surface area (Å²) in [4.78, 5) is 4.00. The van der Waals surface area contributed by atoms with Crippen molar-refractivity contribution in [2.75, 3.05) is 6.61 Å². The second-order valence-electron chi connectivity index (χ2n) is 4.42. The van der Waals surface area contributed by atoms with Gasteiger partial charge >= 0.3 is 0 Å². The Balaban J connectivity index is 2.01. The molecule has 0 amide bonds. The van der Waals surface area contributed by atoms with Gasteiger partial charge in [0.1, 0.15) is 5.75 Å². The molecule has 0 saturated carbocycles. The van der Waals surface area contributed by atoms with Crippen molar-refractivity contribution in [2.24, 2.45) is 5.73 Å². The van der Waals surface area contributed by atoms with E-state index in [1.807, 2.05) is 37.3 Å². The smallest absolute Gasteiger partial charge is 0.125 e. The zero-order valence-electron chi connectivity index (χ0n) is 10.8. The van der Waals surface area contributed by atoms with E-state index in [1.165, 1.54) is 5.56 Å². The van der Waals surface area contributed by atoms with Crippen LogP contribution in [0.3, 0.4) is 0 Å². The van der Waals surface area contributed by atoms with Crippen LogP contribution in [0.25, 0.3) is 0 Å². The predicted octanol–water partition coefficient (Wildman–Crippen LogP) is 3.49. The molecule has 2 rings (SSSR count). The van der Waals surface area contributed by atoms with Crippen LogP contribution in [0, 0.1) is 0 Å². The molecular formula is C15H17BrN2O. The molecule has 1 aromatic heterocycles. The second-order valence-corrected chi connectivity index (χ2v) is 5.34. The van der Waals surface area contributed by atoms with Crippen LogP contribution >= 0.6 is 15.9 Å². The number of nitrogens with zero attached hydrogens (tertiary/aromatic N) is 1. The van der Waals surface area contributed by atoms with Crippen LogP contribution in [0.1, 0.15) is 24.1 Å². The van der Waals surface area contributed by atoms with Gasteiger partial charge in [0.25, 0.3) is 0 Å². The summed E-state index contributed by atoms with van der Waals surface area (Å²) in [5.41, 5.74) is 8.18. The fourth-order valence-corrected chi connectivity index (χ4v) is 2.18. The molecule has 3 nitrogen and oxygen atoms in total. The Kier molecular flexibility index (Phi) is 4.93. The summed E-state index contributed by atoms with van der Waals surface area (Å²) in [6.45, 7) is 2.58. The summed E-state index contributed by atoms with van der Waals surface area (Å²) >= 11 is 3.45. The van der Waals surface area contributed by atoms with Crippen LogP contribution in [-0.2, 0) is 6.42 Å². The van der Waals surface area contributed by atoms with Crippen LogP contribution in [0.2, 0.25) is 0 Å². The molecule has 100 valence electrons. The molecule has 1 heterocycles. The van der Waals surface area contributed by atoms with Gasteiger partial charge in [-0.25, -0.2) is 0 Å². The maximum atomic E-state index is 5.94. The molecule has 0 spiro atoms. The van der Waals surface area contributed by atoms with Gasteiger partial charge in [0, 0.05) is 34.9 Å². The van der Waals surface area contributed by atoms with Gasteiger partial charge in [0.15, 0.2) is 0 Å². The van der Waals surface area contributed by atoms with Crippen molar-refractivity contribution in [2.45, 2.75) is 19.4 Å². The van der Waals surface area contributed by atoms with Gasteiger partial charge in [-0.05, 0) is 36.8 Å². The zero-order valence-corrected chi connectivity index (χ0v) is 12.4. The standard InChI is InChI=1S/C15H17BrN2O/c1-11(17)14-3-2-13(16)10-15(14)19-9-6-12-4-7-18-8-5-12/h2-5,7-8,10-11H,6,9,17H2,1H3. The number of aromatic nitrogens is 1. The Morgan fingerprint density at radius 3 is 2.68 bits per heavy atom. The van der Waals surface area contributed by atoms with Crippen molar-refractivity contribution in [1.82, 2.24) is 4.98 Å². The number of rotatable bonds is 5. The molecule has 2 N–H and O–H groups in total. The van der Waals surface area contributed by atoms with Gasteiger partial charge in [-0.15, -0.1) is 0 Å². The van der Waals surface area contributed by atoms with Crippen molar-refractivity contribution in [3.05, 3.63) is 58.3 Å². The van der Waals surface area contributed by atoms with E-state index in [1.54, 1.807) is 12.4 Å². The van der Waals surface area contributed by atoms with Crippen molar-refractivity contribution in [3.63, 3.8) is 0 Å². The molecule has 2 aromatic rings. The Bertz CT molecular complexity index is 529. The van der Waals surface area contributed by atoms with E-state index in [4.69, 9.17) is 10.5 Å². The fraction of sp³-hybridized carbons (Fsp3) is 0.267. The van der Waals surface area contributed by atoms with E-state index in [2.05, 4.69) is 20.9 Å². The van der Waals surface area contributed by atoms with Gasteiger partial charge in [0.05, 0.1) is 6.61 Å². The second kappa shape index (κ2) is 6.68. The molecule has 0 fully saturated rings. The Morgan fingerprint density at radius 1 is 1.26 bits per heavy atom. The highest BCUT2D eigenvalue weighted by Gasteiger charge is 2.08. The maximum absolute atomic E-state index is 5.94. The highest BCUT2D eigenvalue weighted by molar-refractivity contribution is 9.10. The molecule has 0 aliphatic rings. The average Bonchev–Trinajstić information content (AvgIpc) is 2.39. The molecule has 0 saturated heterocycles. The lowest BCUT2D eigenvalue weighted by Crippen LogP contribution is -2.09. The summed E-state index contributed by atoms with van der Waals surface area (Å²) in [6.07, 6.45) is 4.44. The SMILES string of the molecule is CC(N)c1ccc(Br)cc1OCCc1ccncc1. The quantitative estimate of drug-likeness (QED) is 0.917. The first-order valence-corrected chi connectivity index (χ1v) is 7.03. The molecule has 1 unspecified atom stereocenters. The minimum atomic E-state index is -0.0379. The number of hydrogen-bond donors (Lipinski definition) is 1. The average molecular weight is 321 g/mol. The highest BCUT2D eigenvalue weighted by atomic mass is 79.9.